The number of benzene rings is 1. The second kappa shape index (κ2) is 7.70. The standard InChI is InChI=1S/C18H27F2NO/c1-6-7-13(2)21(17(22)11-18(3,4)5)12-14-8-9-15(19)16(20)10-14/h8-10,13H,6-7,11-12H2,1-5H3. The molecule has 0 fully saturated rings. The van der Waals surface area contributed by atoms with Crippen molar-refractivity contribution in [2.75, 3.05) is 0 Å². The molecule has 0 radical (unpaired) electrons. The molecule has 4 heteroatoms. The van der Waals surface area contributed by atoms with Crippen LogP contribution in [0.3, 0.4) is 0 Å². The van der Waals surface area contributed by atoms with Crippen molar-refractivity contribution in [3.63, 3.8) is 0 Å². The van der Waals surface area contributed by atoms with Crippen LogP contribution in [0.5, 0.6) is 0 Å². The van der Waals surface area contributed by atoms with E-state index in [0.29, 0.717) is 18.5 Å². The molecular formula is C18H27F2NO. The van der Waals surface area contributed by atoms with Gasteiger partial charge in [0.1, 0.15) is 0 Å². The molecule has 1 unspecified atom stereocenters. The minimum absolute atomic E-state index is 0.0539. The fourth-order valence-corrected chi connectivity index (χ4v) is 2.45. The van der Waals surface area contributed by atoms with E-state index in [2.05, 4.69) is 6.92 Å². The van der Waals surface area contributed by atoms with E-state index in [9.17, 15) is 13.6 Å². The molecule has 0 aliphatic rings. The largest absolute Gasteiger partial charge is 0.336 e. The third-order valence-electron chi connectivity index (χ3n) is 3.58. The number of carbonyl (C=O) groups excluding carboxylic acids is 1. The van der Waals surface area contributed by atoms with Crippen LogP contribution in [-0.4, -0.2) is 16.8 Å². The highest BCUT2D eigenvalue weighted by Gasteiger charge is 2.24. The van der Waals surface area contributed by atoms with Gasteiger partial charge in [-0.15, -0.1) is 0 Å². The number of hydrogen-bond acceptors (Lipinski definition) is 1. The van der Waals surface area contributed by atoms with Crippen LogP contribution < -0.4 is 0 Å². The Labute approximate surface area is 132 Å². The van der Waals surface area contributed by atoms with Crippen LogP contribution in [0.2, 0.25) is 0 Å². The van der Waals surface area contributed by atoms with Crippen molar-refractivity contribution in [2.24, 2.45) is 5.41 Å². The van der Waals surface area contributed by atoms with Crippen molar-refractivity contribution in [3.8, 4) is 0 Å². The number of amides is 1. The first-order valence-corrected chi connectivity index (χ1v) is 7.87. The van der Waals surface area contributed by atoms with E-state index in [1.807, 2.05) is 27.7 Å². The summed E-state index contributed by atoms with van der Waals surface area (Å²) in [4.78, 5) is 14.4. The molecule has 1 aromatic rings. The van der Waals surface area contributed by atoms with E-state index in [4.69, 9.17) is 0 Å². The molecule has 124 valence electrons. The lowest BCUT2D eigenvalue weighted by molar-refractivity contribution is -0.136. The molecule has 0 N–H and O–H groups in total. The van der Waals surface area contributed by atoms with Gasteiger partial charge in [-0.1, -0.05) is 40.2 Å². The number of carbonyl (C=O) groups is 1. The van der Waals surface area contributed by atoms with Crippen LogP contribution in [0.4, 0.5) is 8.78 Å². The van der Waals surface area contributed by atoms with Gasteiger partial charge in [-0.05, 0) is 36.5 Å². The molecule has 1 amide bonds. The van der Waals surface area contributed by atoms with Crippen LogP contribution >= 0.6 is 0 Å². The van der Waals surface area contributed by atoms with Crippen molar-refractivity contribution >= 4 is 5.91 Å². The molecule has 0 spiro atoms. The zero-order valence-corrected chi connectivity index (χ0v) is 14.2. The molecule has 0 saturated heterocycles. The summed E-state index contributed by atoms with van der Waals surface area (Å²) in [6.45, 7) is 10.4. The maximum Gasteiger partial charge on any atom is 0.223 e. The molecule has 2 nitrogen and oxygen atoms in total. The Morgan fingerprint density at radius 2 is 1.86 bits per heavy atom. The minimum atomic E-state index is -0.871. The quantitative estimate of drug-likeness (QED) is 0.730. The van der Waals surface area contributed by atoms with E-state index >= 15 is 0 Å². The molecule has 0 bridgehead atoms. The van der Waals surface area contributed by atoms with E-state index in [-0.39, 0.29) is 17.4 Å². The molecule has 0 aromatic heterocycles. The molecule has 0 aliphatic heterocycles. The van der Waals surface area contributed by atoms with E-state index in [1.165, 1.54) is 12.1 Å². The van der Waals surface area contributed by atoms with Crippen molar-refractivity contribution in [2.45, 2.75) is 66.5 Å². The second-order valence-corrected chi connectivity index (χ2v) is 7.15. The lowest BCUT2D eigenvalue weighted by Crippen LogP contribution is -2.39. The third kappa shape index (κ3) is 5.74. The van der Waals surface area contributed by atoms with Crippen LogP contribution in [0.25, 0.3) is 0 Å². The molecule has 1 rings (SSSR count). The van der Waals surface area contributed by atoms with Crippen LogP contribution in [-0.2, 0) is 11.3 Å². The first-order valence-electron chi connectivity index (χ1n) is 7.87. The number of rotatable bonds is 6. The van der Waals surface area contributed by atoms with Crippen molar-refractivity contribution in [1.82, 2.24) is 4.90 Å². The summed E-state index contributed by atoms with van der Waals surface area (Å²) in [6, 6.07) is 3.90. The number of nitrogens with zero attached hydrogens (tertiary/aromatic N) is 1. The van der Waals surface area contributed by atoms with Gasteiger partial charge >= 0.3 is 0 Å². The predicted octanol–water partition coefficient (Wildman–Crippen LogP) is 4.92. The summed E-state index contributed by atoms with van der Waals surface area (Å²) in [5.41, 5.74) is 0.513. The van der Waals surface area contributed by atoms with Crippen LogP contribution in [0.15, 0.2) is 18.2 Å². The zero-order chi connectivity index (χ0) is 16.9. The van der Waals surface area contributed by atoms with Gasteiger partial charge in [0.25, 0.3) is 0 Å². The topological polar surface area (TPSA) is 20.3 Å². The molecular weight excluding hydrogens is 284 g/mol. The van der Waals surface area contributed by atoms with Gasteiger partial charge < -0.3 is 4.90 Å². The van der Waals surface area contributed by atoms with E-state index < -0.39 is 11.6 Å². The highest BCUT2D eigenvalue weighted by Crippen LogP contribution is 2.23. The molecule has 1 aromatic carbocycles. The molecule has 0 heterocycles. The van der Waals surface area contributed by atoms with E-state index in [0.717, 1.165) is 18.9 Å². The minimum Gasteiger partial charge on any atom is -0.336 e. The van der Waals surface area contributed by atoms with Gasteiger partial charge in [-0.3, -0.25) is 4.79 Å². The Kier molecular flexibility index (Phi) is 6.51. The molecule has 22 heavy (non-hydrogen) atoms. The van der Waals surface area contributed by atoms with Gasteiger partial charge in [0, 0.05) is 19.0 Å². The SMILES string of the molecule is CCCC(C)N(Cc1ccc(F)c(F)c1)C(=O)CC(C)(C)C. The smallest absolute Gasteiger partial charge is 0.223 e. The zero-order valence-electron chi connectivity index (χ0n) is 14.2. The number of halogens is 2. The van der Waals surface area contributed by atoms with Gasteiger partial charge in [0.15, 0.2) is 11.6 Å². The summed E-state index contributed by atoms with van der Waals surface area (Å²) in [5.74, 6) is -1.68. The van der Waals surface area contributed by atoms with Crippen LogP contribution in [0.1, 0.15) is 59.4 Å². The average Bonchev–Trinajstić information content (AvgIpc) is 2.38. The Hall–Kier alpha value is -1.45. The summed E-state index contributed by atoms with van der Waals surface area (Å²) < 4.78 is 26.4. The Balaban J connectivity index is 2.94. The Morgan fingerprint density at radius 3 is 2.36 bits per heavy atom. The molecule has 1 atom stereocenters. The summed E-state index contributed by atoms with van der Waals surface area (Å²) in [5, 5.41) is 0. The third-order valence-corrected chi connectivity index (χ3v) is 3.58. The summed E-state index contributed by atoms with van der Waals surface area (Å²) in [6.07, 6.45) is 2.29. The normalized spacial score (nSPS) is 13.0. The molecule has 0 aliphatic carbocycles. The van der Waals surface area contributed by atoms with Gasteiger partial charge in [-0.25, -0.2) is 8.78 Å². The summed E-state index contributed by atoms with van der Waals surface area (Å²) >= 11 is 0. The maximum absolute atomic E-state index is 13.4. The van der Waals surface area contributed by atoms with Crippen molar-refractivity contribution < 1.29 is 13.6 Å². The van der Waals surface area contributed by atoms with Crippen LogP contribution in [0, 0.1) is 17.0 Å². The fraction of sp³-hybridized carbons (Fsp3) is 0.611. The van der Waals surface area contributed by atoms with Gasteiger partial charge in [0.2, 0.25) is 5.91 Å². The highest BCUT2D eigenvalue weighted by molar-refractivity contribution is 5.77. The lowest BCUT2D eigenvalue weighted by Gasteiger charge is -2.32. The van der Waals surface area contributed by atoms with Gasteiger partial charge in [0.05, 0.1) is 0 Å². The maximum atomic E-state index is 13.4. The highest BCUT2D eigenvalue weighted by atomic mass is 19.2. The first-order chi connectivity index (χ1) is 10.1. The predicted molar refractivity (Wildman–Crippen MR) is 85.4 cm³/mol. The Bertz CT molecular complexity index is 508. The lowest BCUT2D eigenvalue weighted by atomic mass is 9.91. The van der Waals surface area contributed by atoms with E-state index in [1.54, 1.807) is 4.90 Å². The second-order valence-electron chi connectivity index (χ2n) is 7.15. The average molecular weight is 311 g/mol. The monoisotopic (exact) mass is 311 g/mol. The fourth-order valence-electron chi connectivity index (χ4n) is 2.45. The first kappa shape index (κ1) is 18.6. The Morgan fingerprint density at radius 1 is 1.23 bits per heavy atom. The van der Waals surface area contributed by atoms with Crippen molar-refractivity contribution in [1.29, 1.82) is 0 Å². The van der Waals surface area contributed by atoms with Crippen molar-refractivity contribution in [3.05, 3.63) is 35.4 Å². The van der Waals surface area contributed by atoms with Gasteiger partial charge in [-0.2, -0.15) is 0 Å². The number of hydrogen-bond donors (Lipinski definition) is 0. The molecule has 0 saturated carbocycles. The summed E-state index contributed by atoms with van der Waals surface area (Å²) in [7, 11) is 0.